The molecule has 0 fully saturated rings. The zero-order valence-corrected chi connectivity index (χ0v) is 12.1. The van der Waals surface area contributed by atoms with Crippen molar-refractivity contribution in [2.75, 3.05) is 13.2 Å². The minimum atomic E-state index is -3.49. The van der Waals surface area contributed by atoms with E-state index in [-0.39, 0.29) is 11.4 Å². The summed E-state index contributed by atoms with van der Waals surface area (Å²) >= 11 is 0. The first-order chi connectivity index (χ1) is 9.56. The average Bonchev–Trinajstić information content (AvgIpc) is 2.45. The molecule has 20 heavy (non-hydrogen) atoms. The van der Waals surface area contributed by atoms with Crippen LogP contribution in [0.1, 0.15) is 6.92 Å². The van der Waals surface area contributed by atoms with Gasteiger partial charge in [0.05, 0.1) is 11.5 Å². The lowest BCUT2D eigenvalue weighted by Crippen LogP contribution is -2.23. The highest BCUT2D eigenvalue weighted by Crippen LogP contribution is 2.23. The third-order valence-corrected chi connectivity index (χ3v) is 4.24. The summed E-state index contributed by atoms with van der Waals surface area (Å²) in [5, 5.41) is 1.80. The fraction of sp³-hybridized carbons (Fsp3) is 0.200. The maximum atomic E-state index is 12.0. The van der Waals surface area contributed by atoms with Crippen molar-refractivity contribution in [3.8, 4) is 5.75 Å². The summed E-state index contributed by atoms with van der Waals surface area (Å²) in [6.07, 6.45) is 1.51. The van der Waals surface area contributed by atoms with E-state index < -0.39 is 10.0 Å². The minimum Gasteiger partial charge on any atom is -0.494 e. The van der Waals surface area contributed by atoms with Crippen LogP contribution < -0.4 is 9.46 Å². The average molecular weight is 291 g/mol. The lowest BCUT2D eigenvalue weighted by Gasteiger charge is -2.08. The van der Waals surface area contributed by atoms with E-state index in [9.17, 15) is 8.42 Å². The van der Waals surface area contributed by atoms with Crippen molar-refractivity contribution < 1.29 is 13.2 Å². The quantitative estimate of drug-likeness (QED) is 0.833. The molecule has 2 aromatic carbocycles. The van der Waals surface area contributed by atoms with Gasteiger partial charge in [-0.25, -0.2) is 13.1 Å². The van der Waals surface area contributed by atoms with Crippen LogP contribution in [0.4, 0.5) is 0 Å². The zero-order chi connectivity index (χ0) is 14.6. The Balaban J connectivity index is 2.39. The van der Waals surface area contributed by atoms with Crippen LogP contribution in [0.25, 0.3) is 10.8 Å². The number of hydrogen-bond acceptors (Lipinski definition) is 3. The van der Waals surface area contributed by atoms with E-state index in [2.05, 4.69) is 11.3 Å². The highest BCUT2D eigenvalue weighted by molar-refractivity contribution is 7.89. The largest absolute Gasteiger partial charge is 0.494 e. The van der Waals surface area contributed by atoms with Crippen molar-refractivity contribution in [1.29, 1.82) is 0 Å². The van der Waals surface area contributed by atoms with Crippen molar-refractivity contribution in [2.24, 2.45) is 0 Å². The third kappa shape index (κ3) is 3.18. The summed E-state index contributed by atoms with van der Waals surface area (Å²) in [5.74, 6) is 0.778. The molecule has 0 radical (unpaired) electrons. The molecule has 0 atom stereocenters. The van der Waals surface area contributed by atoms with Crippen LogP contribution in [-0.2, 0) is 10.0 Å². The molecule has 5 heteroatoms. The molecule has 0 aliphatic heterocycles. The Kier molecular flexibility index (Phi) is 4.42. The summed E-state index contributed by atoms with van der Waals surface area (Å²) in [6.45, 7) is 6.23. The molecule has 0 heterocycles. The number of sulfonamides is 1. The maximum Gasteiger partial charge on any atom is 0.240 e. The Labute approximate surface area is 119 Å². The predicted molar refractivity (Wildman–Crippen MR) is 80.5 cm³/mol. The van der Waals surface area contributed by atoms with Gasteiger partial charge in [0.25, 0.3) is 0 Å². The van der Waals surface area contributed by atoms with Crippen LogP contribution in [0, 0.1) is 0 Å². The van der Waals surface area contributed by atoms with Crippen molar-refractivity contribution in [3.05, 3.63) is 49.1 Å². The van der Waals surface area contributed by atoms with Crippen LogP contribution in [0.5, 0.6) is 5.75 Å². The van der Waals surface area contributed by atoms with Gasteiger partial charge in [-0.3, -0.25) is 0 Å². The molecule has 0 aromatic heterocycles. The summed E-state index contributed by atoms with van der Waals surface area (Å²) < 4.78 is 31.9. The van der Waals surface area contributed by atoms with E-state index in [4.69, 9.17) is 4.74 Å². The molecule has 0 aliphatic rings. The zero-order valence-electron chi connectivity index (χ0n) is 11.3. The fourth-order valence-corrected chi connectivity index (χ4v) is 2.91. The molecule has 0 aliphatic carbocycles. The lowest BCUT2D eigenvalue weighted by molar-refractivity contribution is 0.341. The maximum absolute atomic E-state index is 12.0. The Hall–Kier alpha value is -1.85. The molecule has 0 unspecified atom stereocenters. The van der Waals surface area contributed by atoms with Crippen molar-refractivity contribution >= 4 is 20.8 Å². The number of fused-ring (bicyclic) bond motifs is 1. The number of ether oxygens (including phenoxy) is 1. The van der Waals surface area contributed by atoms with Gasteiger partial charge in [0.15, 0.2) is 0 Å². The van der Waals surface area contributed by atoms with E-state index in [0.29, 0.717) is 6.61 Å². The summed E-state index contributed by atoms with van der Waals surface area (Å²) in [6, 6.07) is 10.6. The molecule has 2 rings (SSSR count). The Morgan fingerprint density at radius 1 is 1.20 bits per heavy atom. The molecule has 0 bridgehead atoms. The van der Waals surface area contributed by atoms with E-state index in [0.717, 1.165) is 16.5 Å². The Bertz CT molecular complexity index is 723. The Morgan fingerprint density at radius 3 is 2.60 bits per heavy atom. The van der Waals surface area contributed by atoms with E-state index in [1.165, 1.54) is 6.08 Å². The SMILES string of the molecule is C=CCNS(=O)(=O)c1ccc2cc(OCC)ccc2c1. The Morgan fingerprint density at radius 2 is 1.90 bits per heavy atom. The van der Waals surface area contributed by atoms with Gasteiger partial charge in [0.1, 0.15) is 5.75 Å². The molecule has 0 spiro atoms. The van der Waals surface area contributed by atoms with Crippen LogP contribution >= 0.6 is 0 Å². The van der Waals surface area contributed by atoms with Crippen LogP contribution in [0.3, 0.4) is 0 Å². The topological polar surface area (TPSA) is 55.4 Å². The van der Waals surface area contributed by atoms with Gasteiger partial charge in [-0.1, -0.05) is 18.2 Å². The number of hydrogen-bond donors (Lipinski definition) is 1. The van der Waals surface area contributed by atoms with Crippen molar-refractivity contribution in [1.82, 2.24) is 4.72 Å². The molecule has 106 valence electrons. The van der Waals surface area contributed by atoms with E-state index >= 15 is 0 Å². The first-order valence-corrected chi connectivity index (χ1v) is 7.82. The summed E-state index contributed by atoms with van der Waals surface area (Å²) in [7, 11) is -3.49. The number of nitrogens with one attached hydrogen (secondary N) is 1. The van der Waals surface area contributed by atoms with E-state index in [1.54, 1.807) is 18.2 Å². The van der Waals surface area contributed by atoms with Crippen LogP contribution in [0.15, 0.2) is 53.9 Å². The first-order valence-electron chi connectivity index (χ1n) is 6.34. The van der Waals surface area contributed by atoms with Gasteiger partial charge in [-0.05, 0) is 42.0 Å². The molecule has 0 saturated heterocycles. The summed E-state index contributed by atoms with van der Waals surface area (Å²) in [5.41, 5.74) is 0. The first kappa shape index (κ1) is 14.6. The normalized spacial score (nSPS) is 11.4. The van der Waals surface area contributed by atoms with Crippen LogP contribution in [0.2, 0.25) is 0 Å². The van der Waals surface area contributed by atoms with Gasteiger partial charge in [0.2, 0.25) is 10.0 Å². The predicted octanol–water partition coefficient (Wildman–Crippen LogP) is 2.70. The van der Waals surface area contributed by atoms with Gasteiger partial charge < -0.3 is 4.74 Å². The van der Waals surface area contributed by atoms with Crippen LogP contribution in [-0.4, -0.2) is 21.6 Å². The number of rotatable bonds is 6. The summed E-state index contributed by atoms with van der Waals surface area (Å²) in [4.78, 5) is 0.246. The van der Waals surface area contributed by atoms with Gasteiger partial charge >= 0.3 is 0 Å². The molecule has 0 amide bonds. The van der Waals surface area contributed by atoms with Crippen molar-refractivity contribution in [2.45, 2.75) is 11.8 Å². The van der Waals surface area contributed by atoms with Crippen molar-refractivity contribution in [3.63, 3.8) is 0 Å². The second kappa shape index (κ2) is 6.07. The minimum absolute atomic E-state index is 0.212. The fourth-order valence-electron chi connectivity index (χ4n) is 1.88. The molecule has 0 saturated carbocycles. The van der Waals surface area contributed by atoms with Gasteiger partial charge in [0, 0.05) is 6.54 Å². The van der Waals surface area contributed by atoms with Gasteiger partial charge in [-0.15, -0.1) is 6.58 Å². The van der Waals surface area contributed by atoms with E-state index in [1.807, 2.05) is 25.1 Å². The molecular formula is C15H17NO3S. The third-order valence-electron chi connectivity index (χ3n) is 2.82. The molecule has 2 aromatic rings. The molecule has 4 nitrogen and oxygen atoms in total. The standard InChI is InChI=1S/C15H17NO3S/c1-3-9-16-20(17,18)15-8-6-12-10-14(19-4-2)7-5-13(12)11-15/h3,5-8,10-11,16H,1,4,9H2,2H3. The second-order valence-corrected chi connectivity index (χ2v) is 6.01. The molecule has 1 N–H and O–H groups in total. The lowest BCUT2D eigenvalue weighted by atomic mass is 10.1. The van der Waals surface area contributed by atoms with Gasteiger partial charge in [-0.2, -0.15) is 0 Å². The monoisotopic (exact) mass is 291 g/mol. The highest BCUT2D eigenvalue weighted by atomic mass is 32.2. The smallest absolute Gasteiger partial charge is 0.240 e. The molecular weight excluding hydrogens is 274 g/mol. The second-order valence-electron chi connectivity index (χ2n) is 4.24. The highest BCUT2D eigenvalue weighted by Gasteiger charge is 2.13. The number of benzene rings is 2.